The molecule has 0 aromatic heterocycles. The van der Waals surface area contributed by atoms with Gasteiger partial charge in [0.25, 0.3) is 0 Å². The second kappa shape index (κ2) is 56.1. The monoisotopic (exact) mass is 1440 g/mol. The molecule has 25 heteroatoms. The van der Waals surface area contributed by atoms with Crippen LogP contribution < -0.4 is 0 Å². The summed E-state index contributed by atoms with van der Waals surface area (Å²) in [7, 11) is -5.70. The molecule has 3 rings (SSSR count). The number of carbonyl (C=O) groups excluding carboxylic acids is 3. The van der Waals surface area contributed by atoms with Gasteiger partial charge in [-0.3, -0.25) is 23.4 Å². The zero-order valence-corrected chi connectivity index (χ0v) is 61.7. The lowest BCUT2D eigenvalue weighted by molar-refractivity contribution is -0.360. The zero-order chi connectivity index (χ0) is 72.5. The molecule has 1 saturated carbocycles. The van der Waals surface area contributed by atoms with Crippen LogP contribution in [0.4, 0.5) is 0 Å². The van der Waals surface area contributed by atoms with Gasteiger partial charge in [-0.1, -0.05) is 258 Å². The summed E-state index contributed by atoms with van der Waals surface area (Å²) in [6.45, 7) is 3.45. The number of phosphoric ester groups is 1. The minimum atomic E-state index is -5.70. The molecule has 1 aliphatic carbocycles. The van der Waals surface area contributed by atoms with Crippen LogP contribution in [0.15, 0.2) is 12.2 Å². The Morgan fingerprint density at radius 1 is 0.384 bits per heavy atom. The number of hydrogen-bond acceptors (Lipinski definition) is 23. The summed E-state index contributed by atoms with van der Waals surface area (Å²) in [6, 6.07) is 0. The van der Waals surface area contributed by atoms with E-state index < -0.39 is 156 Å². The SMILES string of the molecule is CCCCCC/C=C\CCCCCCCCCC(=O)OCC(COP(=O)(O)OC1C(OC2OC(CO)C(O)C(O)C2O)C(O)C(O)C(O)C1OC1OC(COC(=O)CCCCCCCCCCCCCC)C(O)C(O)C1O)OC(=O)CCCCCCCCCCCCCCCCCCC. The topological polar surface area (TPSA) is 374 Å². The van der Waals surface area contributed by atoms with Crippen LogP contribution in [0, 0.1) is 0 Å². The summed E-state index contributed by atoms with van der Waals surface area (Å²) in [5.41, 5.74) is 0. The molecule has 0 amide bonds. The van der Waals surface area contributed by atoms with Crippen LogP contribution in [0.1, 0.15) is 310 Å². The van der Waals surface area contributed by atoms with E-state index in [9.17, 15) is 74.9 Å². The van der Waals surface area contributed by atoms with Gasteiger partial charge in [0.05, 0.1) is 13.2 Å². The number of esters is 3. The molecule has 0 radical (unpaired) electrons. The second-order valence-electron chi connectivity index (χ2n) is 28.1. The van der Waals surface area contributed by atoms with Gasteiger partial charge in [-0.2, -0.15) is 0 Å². The Morgan fingerprint density at radius 2 is 0.707 bits per heavy atom. The molecular weight excluding hydrogens is 1300 g/mol. The van der Waals surface area contributed by atoms with Crippen molar-refractivity contribution in [1.29, 1.82) is 0 Å². The van der Waals surface area contributed by atoms with E-state index in [0.29, 0.717) is 19.3 Å². The molecule has 2 heterocycles. The lowest BCUT2D eigenvalue weighted by atomic mass is 9.84. The Morgan fingerprint density at radius 3 is 1.10 bits per heavy atom. The van der Waals surface area contributed by atoms with Crippen LogP contribution in [0.5, 0.6) is 0 Å². The summed E-state index contributed by atoms with van der Waals surface area (Å²) in [5.74, 6) is -1.98. The molecule has 99 heavy (non-hydrogen) atoms. The standard InChI is InChI=1S/C74H137O24P/c1-4-7-10-13-16-19-22-25-27-28-30-32-35-38-41-44-47-50-60(78)93-55(52-90-58(76)48-45-42-39-37-34-31-29-26-23-20-17-14-11-8-5-2)53-92-99(88,89)98-72-70(96-73-68(86)63(81)61(79)56(51-75)94-73)66(84)65(83)67(85)71(72)97-74-69(87)64(82)62(80)57(95-74)54-91-59(77)49-46-43-40-36-33-24-21-18-15-12-9-6-3/h20,23,55-57,61-75,79-87H,4-19,21-22,24-54H2,1-3H3,(H,88,89)/b23-20-. The molecule has 2 saturated heterocycles. The predicted octanol–water partition coefficient (Wildman–Crippen LogP) is 11.1. The van der Waals surface area contributed by atoms with Crippen molar-refractivity contribution in [2.75, 3.05) is 26.4 Å². The first-order valence-electron chi connectivity index (χ1n) is 39.0. The van der Waals surface area contributed by atoms with Crippen molar-refractivity contribution >= 4 is 25.7 Å². The molecule has 0 aromatic carbocycles. The minimum Gasteiger partial charge on any atom is -0.463 e. The average molecular weight is 1440 g/mol. The fourth-order valence-corrected chi connectivity index (χ4v) is 13.9. The third-order valence-corrected chi connectivity index (χ3v) is 20.3. The van der Waals surface area contributed by atoms with Crippen LogP contribution in [-0.4, -0.2) is 204 Å². The Kier molecular flexibility index (Phi) is 51.5. The number of rotatable bonds is 61. The Hall–Kier alpha value is -2.30. The number of carbonyl (C=O) groups is 3. The summed E-state index contributed by atoms with van der Waals surface area (Å²) >= 11 is 0. The van der Waals surface area contributed by atoms with Crippen LogP contribution in [0.25, 0.3) is 0 Å². The number of aliphatic hydroxyl groups excluding tert-OH is 10. The Labute approximate surface area is 592 Å². The van der Waals surface area contributed by atoms with Crippen LogP contribution in [0.3, 0.4) is 0 Å². The molecule has 2 aliphatic heterocycles. The number of allylic oxidation sites excluding steroid dienone is 2. The largest absolute Gasteiger partial charge is 0.472 e. The van der Waals surface area contributed by atoms with E-state index in [2.05, 4.69) is 32.9 Å². The minimum absolute atomic E-state index is 0.0320. The van der Waals surface area contributed by atoms with Crippen LogP contribution in [0.2, 0.25) is 0 Å². The van der Waals surface area contributed by atoms with Crippen molar-refractivity contribution in [2.24, 2.45) is 0 Å². The first-order valence-corrected chi connectivity index (χ1v) is 40.5. The molecule has 3 aliphatic rings. The van der Waals surface area contributed by atoms with Gasteiger partial charge in [0.15, 0.2) is 18.7 Å². The number of ether oxygens (including phenoxy) is 7. The first-order chi connectivity index (χ1) is 47.8. The fourth-order valence-electron chi connectivity index (χ4n) is 12.9. The molecule has 18 unspecified atom stereocenters. The van der Waals surface area contributed by atoms with Crippen molar-refractivity contribution in [1.82, 2.24) is 0 Å². The molecule has 18 atom stereocenters. The molecular formula is C74H137O24P. The van der Waals surface area contributed by atoms with E-state index >= 15 is 0 Å². The third kappa shape index (κ3) is 39.0. The highest BCUT2D eigenvalue weighted by Gasteiger charge is 2.58. The van der Waals surface area contributed by atoms with Gasteiger partial charge >= 0.3 is 25.7 Å². The average Bonchev–Trinajstić information content (AvgIpc) is 0.762. The number of aliphatic hydroxyl groups is 10. The number of hydrogen-bond donors (Lipinski definition) is 11. The highest BCUT2D eigenvalue weighted by Crippen LogP contribution is 2.49. The number of unbranched alkanes of at least 4 members (excludes halogenated alkanes) is 38. The third-order valence-electron chi connectivity index (χ3n) is 19.3. The van der Waals surface area contributed by atoms with E-state index in [1.54, 1.807) is 0 Å². The fraction of sp³-hybridized carbons (Fsp3) is 0.932. The first kappa shape index (κ1) is 90.9. The van der Waals surface area contributed by atoms with Crippen LogP contribution >= 0.6 is 7.82 Å². The highest BCUT2D eigenvalue weighted by atomic mass is 31.2. The van der Waals surface area contributed by atoms with E-state index in [1.165, 1.54) is 135 Å². The molecule has 11 N–H and O–H groups in total. The summed E-state index contributed by atoms with van der Waals surface area (Å²) in [6.07, 6.45) is 15.5. The smallest absolute Gasteiger partial charge is 0.463 e. The van der Waals surface area contributed by atoms with E-state index in [-0.39, 0.29) is 19.3 Å². The normalized spacial score (nSPS) is 27.5. The van der Waals surface area contributed by atoms with Gasteiger partial charge in [0, 0.05) is 19.3 Å². The molecule has 24 nitrogen and oxygen atoms in total. The zero-order valence-electron chi connectivity index (χ0n) is 60.8. The predicted molar refractivity (Wildman–Crippen MR) is 375 cm³/mol. The van der Waals surface area contributed by atoms with Crippen molar-refractivity contribution in [3.63, 3.8) is 0 Å². The van der Waals surface area contributed by atoms with E-state index in [4.69, 9.17) is 42.2 Å². The molecule has 0 aromatic rings. The summed E-state index contributed by atoms with van der Waals surface area (Å²) in [5, 5.41) is 110. The van der Waals surface area contributed by atoms with E-state index in [0.717, 1.165) is 116 Å². The van der Waals surface area contributed by atoms with Crippen molar-refractivity contribution in [2.45, 2.75) is 414 Å². The van der Waals surface area contributed by atoms with Gasteiger partial charge < -0.3 is 89.1 Å². The molecule has 3 fully saturated rings. The maximum Gasteiger partial charge on any atom is 0.472 e. The van der Waals surface area contributed by atoms with Crippen molar-refractivity contribution < 1.29 is 117 Å². The second-order valence-corrected chi connectivity index (χ2v) is 29.5. The summed E-state index contributed by atoms with van der Waals surface area (Å²) < 4.78 is 65.1. The lowest BCUT2D eigenvalue weighted by Gasteiger charge is -2.49. The Bertz CT molecular complexity index is 2090. The van der Waals surface area contributed by atoms with Gasteiger partial charge in [0.2, 0.25) is 0 Å². The molecule has 0 spiro atoms. The van der Waals surface area contributed by atoms with Gasteiger partial charge in [-0.05, 0) is 44.9 Å². The van der Waals surface area contributed by atoms with Crippen molar-refractivity contribution in [3.8, 4) is 0 Å². The lowest BCUT2D eigenvalue weighted by Crippen LogP contribution is -2.69. The number of phosphoric acid groups is 1. The van der Waals surface area contributed by atoms with E-state index in [1.807, 2.05) is 0 Å². The van der Waals surface area contributed by atoms with Crippen LogP contribution in [-0.2, 0) is 61.2 Å². The maximum atomic E-state index is 14.3. The summed E-state index contributed by atoms with van der Waals surface area (Å²) in [4.78, 5) is 51.1. The molecule has 0 bridgehead atoms. The van der Waals surface area contributed by atoms with Crippen molar-refractivity contribution in [3.05, 3.63) is 12.2 Å². The quantitative estimate of drug-likeness (QED) is 0.00886. The van der Waals surface area contributed by atoms with Gasteiger partial charge in [0.1, 0.15) is 98.7 Å². The molecule has 582 valence electrons. The Balaban J connectivity index is 1.72. The highest BCUT2D eigenvalue weighted by molar-refractivity contribution is 7.47. The van der Waals surface area contributed by atoms with Gasteiger partial charge in [-0.15, -0.1) is 0 Å². The van der Waals surface area contributed by atoms with Gasteiger partial charge in [-0.25, -0.2) is 4.57 Å². The maximum absolute atomic E-state index is 14.3.